The molecule has 0 unspecified atom stereocenters. The number of aromatic nitrogens is 3. The third-order valence-electron chi connectivity index (χ3n) is 4.89. The highest BCUT2D eigenvalue weighted by molar-refractivity contribution is 5.88. The van der Waals surface area contributed by atoms with E-state index in [1.807, 2.05) is 37.3 Å². The molecule has 0 radical (unpaired) electrons. The fourth-order valence-electron chi connectivity index (χ4n) is 3.15. The monoisotopic (exact) mass is 372 g/mol. The zero-order valence-corrected chi connectivity index (χ0v) is 15.7. The molecule has 2 aromatic heterocycles. The largest absolute Gasteiger partial charge is 0.455 e. The molecule has 0 fully saturated rings. The van der Waals surface area contributed by atoms with E-state index in [0.29, 0.717) is 16.8 Å². The van der Waals surface area contributed by atoms with Crippen LogP contribution in [-0.2, 0) is 6.54 Å². The minimum atomic E-state index is -0.233. The number of ether oxygens (including phenoxy) is 1. The number of pyridine rings is 1. The van der Waals surface area contributed by atoms with Gasteiger partial charge in [-0.3, -0.25) is 9.78 Å². The number of benzene rings is 2. The molecular formula is C22H20N4O2. The second kappa shape index (κ2) is 7.25. The normalized spacial score (nSPS) is 11.0. The Morgan fingerprint density at radius 1 is 1.04 bits per heavy atom. The molecule has 0 bridgehead atoms. The second-order valence-corrected chi connectivity index (χ2v) is 6.67. The standard InChI is InChI=1S/C22H20N4O2/c1-13-4-3-5-21(14(13)2)28-17-8-16(11-24-12-17)15-6-7-18-19(9-15)20(10-23)25-26-22(18)27/h3-9,11-12H,10,23H2,1-2H3,(H,26,27). The minimum absolute atomic E-state index is 0.233. The van der Waals surface area contributed by atoms with Crippen molar-refractivity contribution in [3.63, 3.8) is 0 Å². The third-order valence-corrected chi connectivity index (χ3v) is 4.89. The molecule has 140 valence electrons. The molecule has 0 aliphatic rings. The van der Waals surface area contributed by atoms with Gasteiger partial charge in [-0.25, -0.2) is 5.10 Å². The van der Waals surface area contributed by atoms with Gasteiger partial charge in [0.15, 0.2) is 0 Å². The van der Waals surface area contributed by atoms with E-state index in [4.69, 9.17) is 10.5 Å². The van der Waals surface area contributed by atoms with Gasteiger partial charge in [-0.2, -0.15) is 5.10 Å². The van der Waals surface area contributed by atoms with Crippen LogP contribution >= 0.6 is 0 Å². The number of H-pyrrole nitrogens is 1. The second-order valence-electron chi connectivity index (χ2n) is 6.67. The van der Waals surface area contributed by atoms with Crippen LogP contribution < -0.4 is 16.0 Å². The van der Waals surface area contributed by atoms with Crippen LogP contribution in [0.4, 0.5) is 0 Å². The SMILES string of the molecule is Cc1cccc(Oc2cncc(-c3ccc4c(=O)[nH]nc(CN)c4c3)c2)c1C. The number of nitrogens with two attached hydrogens (primary N) is 1. The average Bonchev–Trinajstić information content (AvgIpc) is 2.72. The van der Waals surface area contributed by atoms with Crippen molar-refractivity contribution in [3.05, 3.63) is 82.0 Å². The van der Waals surface area contributed by atoms with Crippen LogP contribution in [0.1, 0.15) is 16.8 Å². The first-order valence-corrected chi connectivity index (χ1v) is 8.97. The molecule has 0 saturated carbocycles. The number of aromatic amines is 1. The number of nitrogens with zero attached hydrogens (tertiary/aromatic N) is 2. The molecule has 6 nitrogen and oxygen atoms in total. The minimum Gasteiger partial charge on any atom is -0.455 e. The maximum Gasteiger partial charge on any atom is 0.272 e. The number of hydrogen-bond acceptors (Lipinski definition) is 5. The summed E-state index contributed by atoms with van der Waals surface area (Å²) in [6, 6.07) is 13.5. The van der Waals surface area contributed by atoms with E-state index in [1.165, 1.54) is 5.56 Å². The molecule has 4 aromatic rings. The molecule has 0 atom stereocenters. The Balaban J connectivity index is 1.75. The molecule has 0 aliphatic carbocycles. The van der Waals surface area contributed by atoms with E-state index in [2.05, 4.69) is 28.2 Å². The van der Waals surface area contributed by atoms with Crippen LogP contribution in [0.2, 0.25) is 0 Å². The van der Waals surface area contributed by atoms with Gasteiger partial charge in [0.1, 0.15) is 11.5 Å². The fraction of sp³-hybridized carbons (Fsp3) is 0.136. The van der Waals surface area contributed by atoms with E-state index < -0.39 is 0 Å². The lowest BCUT2D eigenvalue weighted by Gasteiger charge is -2.11. The van der Waals surface area contributed by atoms with Gasteiger partial charge in [-0.15, -0.1) is 0 Å². The quantitative estimate of drug-likeness (QED) is 0.567. The topological polar surface area (TPSA) is 93.9 Å². The Labute approximate surface area is 162 Å². The molecular weight excluding hydrogens is 352 g/mol. The van der Waals surface area contributed by atoms with Gasteiger partial charge in [-0.05, 0) is 54.8 Å². The van der Waals surface area contributed by atoms with E-state index in [9.17, 15) is 4.79 Å². The van der Waals surface area contributed by atoms with Gasteiger partial charge >= 0.3 is 0 Å². The maximum atomic E-state index is 12.0. The highest BCUT2D eigenvalue weighted by Crippen LogP contribution is 2.30. The Morgan fingerprint density at radius 3 is 2.71 bits per heavy atom. The van der Waals surface area contributed by atoms with E-state index in [1.54, 1.807) is 18.5 Å². The summed E-state index contributed by atoms with van der Waals surface area (Å²) >= 11 is 0. The van der Waals surface area contributed by atoms with Crippen LogP contribution in [0.3, 0.4) is 0 Å². The number of aryl methyl sites for hydroxylation is 1. The average molecular weight is 372 g/mol. The maximum absolute atomic E-state index is 12.0. The summed E-state index contributed by atoms with van der Waals surface area (Å²) in [5.41, 5.74) is 10.2. The summed E-state index contributed by atoms with van der Waals surface area (Å²) in [7, 11) is 0. The zero-order chi connectivity index (χ0) is 19.7. The lowest BCUT2D eigenvalue weighted by molar-refractivity contribution is 0.476. The van der Waals surface area contributed by atoms with Crippen molar-refractivity contribution in [2.75, 3.05) is 0 Å². The lowest BCUT2D eigenvalue weighted by atomic mass is 10.0. The molecule has 0 spiro atoms. The van der Waals surface area contributed by atoms with Crippen molar-refractivity contribution in [1.29, 1.82) is 0 Å². The first kappa shape index (κ1) is 17.9. The summed E-state index contributed by atoms with van der Waals surface area (Å²) in [4.78, 5) is 16.3. The van der Waals surface area contributed by atoms with Crippen LogP contribution in [-0.4, -0.2) is 15.2 Å². The van der Waals surface area contributed by atoms with Gasteiger partial charge < -0.3 is 10.5 Å². The molecule has 2 aromatic carbocycles. The molecule has 2 heterocycles. The molecule has 0 saturated heterocycles. The Kier molecular flexibility index (Phi) is 4.63. The number of fused-ring (bicyclic) bond motifs is 1. The summed E-state index contributed by atoms with van der Waals surface area (Å²) in [6.07, 6.45) is 3.45. The van der Waals surface area contributed by atoms with Gasteiger partial charge in [0.2, 0.25) is 0 Å². The summed E-state index contributed by atoms with van der Waals surface area (Å²) in [5.74, 6) is 1.45. The molecule has 0 amide bonds. The highest BCUT2D eigenvalue weighted by Gasteiger charge is 2.09. The van der Waals surface area contributed by atoms with Crippen molar-refractivity contribution in [2.24, 2.45) is 5.73 Å². The molecule has 3 N–H and O–H groups in total. The number of rotatable bonds is 4. The van der Waals surface area contributed by atoms with E-state index >= 15 is 0 Å². The van der Waals surface area contributed by atoms with Crippen molar-refractivity contribution < 1.29 is 4.74 Å². The predicted octanol–water partition coefficient (Wildman–Crippen LogP) is 3.85. The van der Waals surface area contributed by atoms with E-state index in [-0.39, 0.29) is 12.1 Å². The molecule has 6 heteroatoms. The van der Waals surface area contributed by atoms with Gasteiger partial charge in [-0.1, -0.05) is 18.2 Å². The fourth-order valence-corrected chi connectivity index (χ4v) is 3.15. The van der Waals surface area contributed by atoms with Crippen LogP contribution in [0, 0.1) is 13.8 Å². The Hall–Kier alpha value is -3.51. The van der Waals surface area contributed by atoms with E-state index in [0.717, 1.165) is 27.8 Å². The van der Waals surface area contributed by atoms with Crippen LogP contribution in [0.25, 0.3) is 21.9 Å². The van der Waals surface area contributed by atoms with Crippen molar-refractivity contribution in [2.45, 2.75) is 20.4 Å². The van der Waals surface area contributed by atoms with Crippen LogP contribution in [0.15, 0.2) is 59.7 Å². The first-order valence-electron chi connectivity index (χ1n) is 8.97. The molecule has 0 aliphatic heterocycles. The lowest BCUT2D eigenvalue weighted by Crippen LogP contribution is -2.13. The number of hydrogen-bond donors (Lipinski definition) is 2. The summed E-state index contributed by atoms with van der Waals surface area (Å²) in [6.45, 7) is 4.33. The van der Waals surface area contributed by atoms with Gasteiger partial charge in [0.05, 0.1) is 17.3 Å². The first-order chi connectivity index (χ1) is 13.6. The Bertz CT molecular complexity index is 1230. The smallest absolute Gasteiger partial charge is 0.272 e. The Morgan fingerprint density at radius 2 is 1.89 bits per heavy atom. The molecule has 4 rings (SSSR count). The van der Waals surface area contributed by atoms with Crippen LogP contribution in [0.5, 0.6) is 11.5 Å². The zero-order valence-electron chi connectivity index (χ0n) is 15.7. The molecule has 28 heavy (non-hydrogen) atoms. The predicted molar refractivity (Wildman–Crippen MR) is 109 cm³/mol. The third kappa shape index (κ3) is 3.25. The van der Waals surface area contributed by atoms with Crippen molar-refractivity contribution in [3.8, 4) is 22.6 Å². The highest BCUT2D eigenvalue weighted by atomic mass is 16.5. The van der Waals surface area contributed by atoms with Crippen molar-refractivity contribution in [1.82, 2.24) is 15.2 Å². The summed E-state index contributed by atoms with van der Waals surface area (Å²) < 4.78 is 6.05. The number of nitrogens with one attached hydrogen (secondary N) is 1. The van der Waals surface area contributed by atoms with Crippen molar-refractivity contribution >= 4 is 10.8 Å². The van der Waals surface area contributed by atoms with Gasteiger partial charge in [0, 0.05) is 23.7 Å². The van der Waals surface area contributed by atoms with Gasteiger partial charge in [0.25, 0.3) is 5.56 Å². The summed E-state index contributed by atoms with van der Waals surface area (Å²) in [5, 5.41) is 7.83.